The summed E-state index contributed by atoms with van der Waals surface area (Å²) in [5.41, 5.74) is 2.79. The van der Waals surface area contributed by atoms with Crippen LogP contribution in [0.25, 0.3) is 0 Å². The Morgan fingerprint density at radius 1 is 0.844 bits per heavy atom. The van der Waals surface area contributed by atoms with Crippen molar-refractivity contribution in [3.05, 3.63) is 124 Å². The number of rotatable bonds is 14. The van der Waals surface area contributed by atoms with Crippen LogP contribution in [0.5, 0.6) is 5.75 Å². The van der Waals surface area contributed by atoms with Gasteiger partial charge in [0.2, 0.25) is 11.8 Å². The summed E-state index contributed by atoms with van der Waals surface area (Å²) in [4.78, 5) is 29.7. The molecule has 0 spiro atoms. The highest BCUT2D eigenvalue weighted by atomic mass is 79.9. The molecular formula is C35H38BrN3O5S. The molecule has 0 heterocycles. The van der Waals surface area contributed by atoms with Crippen LogP contribution in [0.1, 0.15) is 30.5 Å². The molecule has 0 aliphatic rings. The molecular weight excluding hydrogens is 654 g/mol. The molecule has 0 radical (unpaired) electrons. The van der Waals surface area contributed by atoms with Crippen molar-refractivity contribution in [1.82, 2.24) is 10.2 Å². The molecule has 10 heteroatoms. The van der Waals surface area contributed by atoms with Gasteiger partial charge in [0.05, 0.1) is 17.2 Å². The molecule has 1 unspecified atom stereocenters. The fourth-order valence-electron chi connectivity index (χ4n) is 4.92. The molecule has 0 aliphatic carbocycles. The standard InChI is InChI=1S/C35H38BrN3O5S/c1-4-37-35(41)32(23-27-11-7-6-8-12-27)38(24-28-17-19-29(36)20-18-28)34(40)25-39(31-13-9-10-14-33(31)44-5-2)45(42,43)30-21-15-26(3)16-22-30/h6-22,32H,4-5,23-25H2,1-3H3,(H,37,41). The van der Waals surface area contributed by atoms with E-state index in [2.05, 4.69) is 21.2 Å². The smallest absolute Gasteiger partial charge is 0.264 e. The molecule has 0 aliphatic heterocycles. The number of ether oxygens (including phenoxy) is 1. The average Bonchev–Trinajstić information content (AvgIpc) is 3.03. The number of sulfonamides is 1. The van der Waals surface area contributed by atoms with Crippen LogP contribution in [0.4, 0.5) is 5.69 Å². The zero-order chi connectivity index (χ0) is 32.4. The maximum Gasteiger partial charge on any atom is 0.264 e. The minimum Gasteiger partial charge on any atom is -0.492 e. The van der Waals surface area contributed by atoms with Gasteiger partial charge in [0, 0.05) is 24.0 Å². The number of benzene rings is 4. The molecule has 1 N–H and O–H groups in total. The summed E-state index contributed by atoms with van der Waals surface area (Å²) in [7, 11) is -4.23. The Morgan fingerprint density at radius 3 is 2.13 bits per heavy atom. The highest BCUT2D eigenvalue weighted by molar-refractivity contribution is 9.10. The van der Waals surface area contributed by atoms with Gasteiger partial charge in [-0.25, -0.2) is 8.42 Å². The van der Waals surface area contributed by atoms with E-state index in [0.29, 0.717) is 18.9 Å². The van der Waals surface area contributed by atoms with Crippen molar-refractivity contribution >= 4 is 43.5 Å². The largest absolute Gasteiger partial charge is 0.492 e. The SMILES string of the molecule is CCNC(=O)C(Cc1ccccc1)N(Cc1ccc(Br)cc1)C(=O)CN(c1ccccc1OCC)S(=O)(=O)c1ccc(C)cc1. The third-order valence-corrected chi connectivity index (χ3v) is 9.51. The number of likely N-dealkylation sites (N-methyl/N-ethyl adjacent to an activating group) is 1. The van der Waals surface area contributed by atoms with Crippen molar-refractivity contribution in [2.24, 2.45) is 0 Å². The van der Waals surface area contributed by atoms with E-state index in [-0.39, 0.29) is 29.5 Å². The van der Waals surface area contributed by atoms with Crippen molar-refractivity contribution < 1.29 is 22.7 Å². The number of nitrogens with one attached hydrogen (secondary N) is 1. The second-order valence-electron chi connectivity index (χ2n) is 10.5. The summed E-state index contributed by atoms with van der Waals surface area (Å²) in [5.74, 6) is -0.533. The van der Waals surface area contributed by atoms with Gasteiger partial charge in [0.25, 0.3) is 10.0 Å². The molecule has 1 atom stereocenters. The number of hydrogen-bond donors (Lipinski definition) is 1. The molecule has 4 rings (SSSR count). The molecule has 45 heavy (non-hydrogen) atoms. The first kappa shape index (κ1) is 33.7. The number of anilines is 1. The predicted octanol–water partition coefficient (Wildman–Crippen LogP) is 6.13. The second kappa shape index (κ2) is 15.7. The quantitative estimate of drug-likeness (QED) is 0.172. The van der Waals surface area contributed by atoms with Crippen LogP contribution >= 0.6 is 15.9 Å². The maximum atomic E-state index is 14.5. The maximum absolute atomic E-state index is 14.5. The summed E-state index contributed by atoms with van der Waals surface area (Å²) in [6.45, 7) is 5.71. The summed E-state index contributed by atoms with van der Waals surface area (Å²) >= 11 is 3.45. The van der Waals surface area contributed by atoms with Crippen LogP contribution in [0.15, 0.2) is 112 Å². The number of hydrogen-bond acceptors (Lipinski definition) is 5. The Hall–Kier alpha value is -4.15. The number of aryl methyl sites for hydroxylation is 1. The molecule has 0 saturated heterocycles. The number of carbonyl (C=O) groups excluding carboxylic acids is 2. The van der Waals surface area contributed by atoms with Crippen molar-refractivity contribution in [2.75, 3.05) is 24.0 Å². The van der Waals surface area contributed by atoms with Gasteiger partial charge in [-0.2, -0.15) is 0 Å². The molecule has 2 amide bonds. The number of para-hydroxylation sites is 2. The topological polar surface area (TPSA) is 96.0 Å². The van der Waals surface area contributed by atoms with E-state index < -0.39 is 28.5 Å². The lowest BCUT2D eigenvalue weighted by Crippen LogP contribution is -2.53. The average molecular weight is 693 g/mol. The van der Waals surface area contributed by atoms with Crippen LogP contribution in [-0.4, -0.2) is 50.9 Å². The van der Waals surface area contributed by atoms with Crippen molar-refractivity contribution in [3.8, 4) is 5.75 Å². The lowest BCUT2D eigenvalue weighted by Gasteiger charge is -2.34. The molecule has 8 nitrogen and oxygen atoms in total. The lowest BCUT2D eigenvalue weighted by molar-refractivity contribution is -0.140. The summed E-state index contributed by atoms with van der Waals surface area (Å²) in [5, 5.41) is 2.88. The molecule has 0 saturated carbocycles. The Morgan fingerprint density at radius 2 is 1.49 bits per heavy atom. The molecule has 4 aromatic rings. The molecule has 4 aromatic carbocycles. The predicted molar refractivity (Wildman–Crippen MR) is 181 cm³/mol. The number of carbonyl (C=O) groups is 2. The van der Waals surface area contributed by atoms with Gasteiger partial charge in [-0.05, 0) is 68.3 Å². The Labute approximate surface area is 274 Å². The first-order valence-corrected chi connectivity index (χ1v) is 17.0. The van der Waals surface area contributed by atoms with Crippen molar-refractivity contribution in [1.29, 1.82) is 0 Å². The Bertz CT molecular complexity index is 1680. The van der Waals surface area contributed by atoms with Gasteiger partial charge in [-0.3, -0.25) is 13.9 Å². The summed E-state index contributed by atoms with van der Waals surface area (Å²) in [6.07, 6.45) is 0.245. The van der Waals surface area contributed by atoms with Crippen molar-refractivity contribution in [3.63, 3.8) is 0 Å². The number of halogens is 1. The van der Waals surface area contributed by atoms with Gasteiger partial charge in [-0.1, -0.05) is 88.2 Å². The Kier molecular flexibility index (Phi) is 11.8. The van der Waals surface area contributed by atoms with Gasteiger partial charge in [0.1, 0.15) is 18.3 Å². The Balaban J connectivity index is 1.82. The zero-order valence-corrected chi connectivity index (χ0v) is 28.1. The first-order valence-electron chi connectivity index (χ1n) is 14.8. The normalized spacial score (nSPS) is 11.8. The van der Waals surface area contributed by atoms with E-state index in [1.807, 2.05) is 68.4 Å². The van der Waals surface area contributed by atoms with Crippen LogP contribution < -0.4 is 14.4 Å². The fourth-order valence-corrected chi connectivity index (χ4v) is 6.61. The van der Waals surface area contributed by atoms with Gasteiger partial charge >= 0.3 is 0 Å². The van der Waals surface area contributed by atoms with E-state index in [1.54, 1.807) is 43.3 Å². The van der Waals surface area contributed by atoms with Crippen molar-refractivity contribution in [2.45, 2.75) is 44.7 Å². The summed E-state index contributed by atoms with van der Waals surface area (Å²) in [6, 6.07) is 29.2. The fraction of sp³-hybridized carbons (Fsp3) is 0.257. The summed E-state index contributed by atoms with van der Waals surface area (Å²) < 4.78 is 36.3. The second-order valence-corrected chi connectivity index (χ2v) is 13.3. The third-order valence-electron chi connectivity index (χ3n) is 7.21. The van der Waals surface area contributed by atoms with Crippen LogP contribution in [0.3, 0.4) is 0 Å². The van der Waals surface area contributed by atoms with E-state index >= 15 is 0 Å². The minimum atomic E-state index is -4.23. The molecule has 0 fully saturated rings. The number of amides is 2. The van der Waals surface area contributed by atoms with Crippen LogP contribution in [0, 0.1) is 6.92 Å². The van der Waals surface area contributed by atoms with Crippen LogP contribution in [-0.2, 0) is 32.6 Å². The van der Waals surface area contributed by atoms with Gasteiger partial charge < -0.3 is 15.0 Å². The van der Waals surface area contributed by atoms with Gasteiger partial charge in [0.15, 0.2) is 0 Å². The third kappa shape index (κ3) is 8.73. The molecule has 236 valence electrons. The highest BCUT2D eigenvalue weighted by Gasteiger charge is 2.35. The van der Waals surface area contributed by atoms with E-state index in [0.717, 1.165) is 25.5 Å². The van der Waals surface area contributed by atoms with Gasteiger partial charge in [-0.15, -0.1) is 0 Å². The molecule has 0 bridgehead atoms. The van der Waals surface area contributed by atoms with E-state index in [4.69, 9.17) is 4.74 Å². The monoisotopic (exact) mass is 691 g/mol. The zero-order valence-electron chi connectivity index (χ0n) is 25.6. The number of nitrogens with zero attached hydrogens (tertiary/aromatic N) is 2. The van der Waals surface area contributed by atoms with E-state index in [1.165, 1.54) is 17.0 Å². The highest BCUT2D eigenvalue weighted by Crippen LogP contribution is 2.33. The first-order chi connectivity index (χ1) is 21.6. The minimum absolute atomic E-state index is 0.0382. The lowest BCUT2D eigenvalue weighted by atomic mass is 10.0. The van der Waals surface area contributed by atoms with E-state index in [9.17, 15) is 18.0 Å². The van der Waals surface area contributed by atoms with Crippen LogP contribution in [0.2, 0.25) is 0 Å². The molecule has 0 aromatic heterocycles.